The van der Waals surface area contributed by atoms with Crippen LogP contribution in [-0.4, -0.2) is 34.2 Å². The van der Waals surface area contributed by atoms with E-state index in [0.29, 0.717) is 0 Å². The summed E-state index contributed by atoms with van der Waals surface area (Å²) in [5, 5.41) is 18.7. The third kappa shape index (κ3) is 4.12. The number of nitrogens with zero attached hydrogens (tertiary/aromatic N) is 2. The van der Waals surface area contributed by atoms with Crippen LogP contribution in [0.2, 0.25) is 0 Å². The standard InChI is InChI=1S/C22H25N3O3S/c1-14-18(15(2)28-24-14)10-25-9-8-17-19(13-29-21(17)11-25)22(27)23-20(12-26)16-6-4-3-5-7-16/h3-7,13,20,26H,8-12H2,1-2H3,(H,23,27)/t20-/m0/s1. The Kier molecular flexibility index (Phi) is 5.80. The quantitative estimate of drug-likeness (QED) is 0.650. The van der Waals surface area contributed by atoms with Gasteiger partial charge in [-0.3, -0.25) is 9.69 Å². The number of carbonyl (C=O) groups is 1. The Labute approximate surface area is 174 Å². The number of fused-ring (bicyclic) bond motifs is 1. The molecule has 2 N–H and O–H groups in total. The Bertz CT molecular complexity index is 977. The number of carbonyl (C=O) groups excluding carboxylic acids is 1. The number of benzene rings is 1. The van der Waals surface area contributed by atoms with Crippen molar-refractivity contribution in [1.82, 2.24) is 15.4 Å². The van der Waals surface area contributed by atoms with Crippen molar-refractivity contribution in [1.29, 1.82) is 0 Å². The van der Waals surface area contributed by atoms with Crippen LogP contribution in [0.15, 0.2) is 40.2 Å². The van der Waals surface area contributed by atoms with Gasteiger partial charge < -0.3 is 14.9 Å². The van der Waals surface area contributed by atoms with E-state index < -0.39 is 6.04 Å². The van der Waals surface area contributed by atoms with Crippen molar-refractivity contribution in [3.05, 3.63) is 74.3 Å². The molecule has 29 heavy (non-hydrogen) atoms. The average Bonchev–Trinajstić information content (AvgIpc) is 3.30. The highest BCUT2D eigenvalue weighted by atomic mass is 32.1. The first kappa shape index (κ1) is 19.8. The zero-order valence-corrected chi connectivity index (χ0v) is 17.5. The van der Waals surface area contributed by atoms with E-state index >= 15 is 0 Å². The summed E-state index contributed by atoms with van der Waals surface area (Å²) < 4.78 is 5.28. The third-order valence-electron chi connectivity index (χ3n) is 5.52. The van der Waals surface area contributed by atoms with E-state index in [1.807, 2.05) is 49.6 Å². The van der Waals surface area contributed by atoms with Crippen molar-refractivity contribution >= 4 is 17.2 Å². The SMILES string of the molecule is Cc1noc(C)c1CN1CCc2c(C(=O)N[C@@H](CO)c3ccccc3)csc2C1. The Hall–Kier alpha value is -2.48. The third-order valence-corrected chi connectivity index (χ3v) is 6.54. The van der Waals surface area contributed by atoms with Gasteiger partial charge in [0.05, 0.1) is 23.9 Å². The fourth-order valence-corrected chi connectivity index (χ4v) is 4.93. The molecule has 1 atom stereocenters. The lowest BCUT2D eigenvalue weighted by molar-refractivity contribution is 0.0915. The van der Waals surface area contributed by atoms with Gasteiger partial charge in [-0.25, -0.2) is 0 Å². The molecule has 2 aromatic heterocycles. The maximum Gasteiger partial charge on any atom is 0.252 e. The van der Waals surface area contributed by atoms with Crippen LogP contribution in [0.25, 0.3) is 0 Å². The van der Waals surface area contributed by atoms with Crippen molar-refractivity contribution in [2.24, 2.45) is 0 Å². The fourth-order valence-electron chi connectivity index (χ4n) is 3.81. The highest BCUT2D eigenvalue weighted by Crippen LogP contribution is 2.30. The Morgan fingerprint density at radius 2 is 2.14 bits per heavy atom. The van der Waals surface area contributed by atoms with Crippen LogP contribution in [0.4, 0.5) is 0 Å². The molecule has 4 rings (SSSR count). The summed E-state index contributed by atoms with van der Waals surface area (Å²) in [6.07, 6.45) is 0.833. The van der Waals surface area contributed by atoms with Gasteiger partial charge >= 0.3 is 0 Å². The first-order valence-electron chi connectivity index (χ1n) is 9.76. The van der Waals surface area contributed by atoms with Crippen LogP contribution >= 0.6 is 11.3 Å². The van der Waals surface area contributed by atoms with Crippen molar-refractivity contribution in [3.63, 3.8) is 0 Å². The molecule has 0 fully saturated rings. The van der Waals surface area contributed by atoms with Crippen LogP contribution in [0.3, 0.4) is 0 Å². The predicted octanol–water partition coefficient (Wildman–Crippen LogP) is 3.37. The summed E-state index contributed by atoms with van der Waals surface area (Å²) in [5.74, 6) is 0.750. The summed E-state index contributed by atoms with van der Waals surface area (Å²) in [4.78, 5) is 16.5. The van der Waals surface area contributed by atoms with E-state index in [2.05, 4.69) is 15.4 Å². The van der Waals surface area contributed by atoms with Gasteiger partial charge in [0.25, 0.3) is 5.91 Å². The molecule has 1 amide bonds. The number of hydrogen-bond acceptors (Lipinski definition) is 6. The molecule has 1 aliphatic heterocycles. The lowest BCUT2D eigenvalue weighted by Crippen LogP contribution is -2.33. The van der Waals surface area contributed by atoms with E-state index in [9.17, 15) is 9.90 Å². The van der Waals surface area contributed by atoms with Crippen molar-refractivity contribution in [2.45, 2.75) is 39.4 Å². The van der Waals surface area contributed by atoms with Gasteiger partial charge in [-0.1, -0.05) is 35.5 Å². The molecule has 0 saturated carbocycles. The van der Waals surface area contributed by atoms with Gasteiger partial charge in [0.2, 0.25) is 0 Å². The van der Waals surface area contributed by atoms with Crippen molar-refractivity contribution < 1.29 is 14.4 Å². The minimum Gasteiger partial charge on any atom is -0.394 e. The number of rotatable bonds is 6. The predicted molar refractivity (Wildman–Crippen MR) is 112 cm³/mol. The molecule has 6 nitrogen and oxygen atoms in total. The lowest BCUT2D eigenvalue weighted by atomic mass is 10.0. The number of aromatic nitrogens is 1. The van der Waals surface area contributed by atoms with Crippen LogP contribution in [0.1, 0.15) is 49.4 Å². The highest BCUT2D eigenvalue weighted by molar-refractivity contribution is 7.10. The highest BCUT2D eigenvalue weighted by Gasteiger charge is 2.26. The molecule has 152 valence electrons. The summed E-state index contributed by atoms with van der Waals surface area (Å²) in [6, 6.07) is 9.16. The molecule has 0 unspecified atom stereocenters. The van der Waals surface area contributed by atoms with Gasteiger partial charge in [0.1, 0.15) is 5.76 Å². The van der Waals surface area contributed by atoms with E-state index in [-0.39, 0.29) is 12.5 Å². The molecule has 3 aromatic rings. The number of aryl methyl sites for hydroxylation is 2. The molecule has 0 spiro atoms. The molecular weight excluding hydrogens is 386 g/mol. The number of amides is 1. The monoisotopic (exact) mass is 411 g/mol. The molecule has 0 aliphatic carbocycles. The molecule has 0 bridgehead atoms. The lowest BCUT2D eigenvalue weighted by Gasteiger charge is -2.27. The first-order chi connectivity index (χ1) is 14.1. The van der Waals surface area contributed by atoms with Crippen LogP contribution in [-0.2, 0) is 19.5 Å². The van der Waals surface area contributed by atoms with Crippen LogP contribution in [0.5, 0.6) is 0 Å². The van der Waals surface area contributed by atoms with Crippen molar-refractivity contribution in [3.8, 4) is 0 Å². The minimum absolute atomic E-state index is 0.121. The zero-order valence-electron chi connectivity index (χ0n) is 16.6. The largest absolute Gasteiger partial charge is 0.394 e. The van der Waals surface area contributed by atoms with E-state index in [0.717, 1.165) is 59.8 Å². The molecule has 7 heteroatoms. The number of nitrogens with one attached hydrogen (secondary N) is 1. The number of aliphatic hydroxyl groups is 1. The number of thiophene rings is 1. The number of hydrogen-bond donors (Lipinski definition) is 2. The minimum atomic E-state index is -0.404. The summed E-state index contributed by atoms with van der Waals surface area (Å²) in [6.45, 7) is 6.30. The average molecular weight is 412 g/mol. The van der Waals surface area contributed by atoms with Crippen LogP contribution < -0.4 is 5.32 Å². The Morgan fingerprint density at radius 3 is 2.83 bits per heavy atom. The number of aliphatic hydroxyl groups excluding tert-OH is 1. The summed E-state index contributed by atoms with van der Waals surface area (Å²) in [5.41, 5.74) is 4.86. The second kappa shape index (κ2) is 8.49. The van der Waals surface area contributed by atoms with Gasteiger partial charge in [0, 0.05) is 35.5 Å². The van der Waals surface area contributed by atoms with Gasteiger partial charge in [-0.15, -0.1) is 11.3 Å². The van der Waals surface area contributed by atoms with Gasteiger partial charge in [-0.2, -0.15) is 0 Å². The van der Waals surface area contributed by atoms with Gasteiger partial charge in [-0.05, 0) is 31.4 Å². The summed E-state index contributed by atoms with van der Waals surface area (Å²) in [7, 11) is 0. The summed E-state index contributed by atoms with van der Waals surface area (Å²) >= 11 is 1.63. The molecule has 3 heterocycles. The molecule has 1 aromatic carbocycles. The van der Waals surface area contributed by atoms with Crippen molar-refractivity contribution in [2.75, 3.05) is 13.2 Å². The maximum absolute atomic E-state index is 12.9. The smallest absolute Gasteiger partial charge is 0.252 e. The van der Waals surface area contributed by atoms with E-state index in [4.69, 9.17) is 4.52 Å². The van der Waals surface area contributed by atoms with E-state index in [1.54, 1.807) is 11.3 Å². The normalized spacial score (nSPS) is 15.1. The van der Waals surface area contributed by atoms with Crippen LogP contribution in [0, 0.1) is 13.8 Å². The molecular formula is C22H25N3O3S. The van der Waals surface area contributed by atoms with E-state index in [1.165, 1.54) is 4.88 Å². The Morgan fingerprint density at radius 1 is 1.34 bits per heavy atom. The Balaban J connectivity index is 1.45. The first-order valence-corrected chi connectivity index (χ1v) is 10.6. The fraction of sp³-hybridized carbons (Fsp3) is 0.364. The zero-order chi connectivity index (χ0) is 20.4. The molecule has 0 radical (unpaired) electrons. The van der Waals surface area contributed by atoms with Gasteiger partial charge in [0.15, 0.2) is 0 Å². The maximum atomic E-state index is 12.9. The second-order valence-electron chi connectivity index (χ2n) is 7.43. The molecule has 1 aliphatic rings. The topological polar surface area (TPSA) is 78.6 Å². The second-order valence-corrected chi connectivity index (χ2v) is 8.40. The molecule has 0 saturated heterocycles.